The molecular weight excluding hydrogens is 346 g/mol. The Balaban J connectivity index is 1.38. The van der Waals surface area contributed by atoms with Crippen molar-refractivity contribution >= 4 is 17.5 Å². The second kappa shape index (κ2) is 9.17. The Bertz CT molecular complexity index is 724. The van der Waals surface area contributed by atoms with Gasteiger partial charge >= 0.3 is 0 Å². The van der Waals surface area contributed by atoms with Crippen LogP contribution in [0, 0.1) is 6.92 Å². The van der Waals surface area contributed by atoms with Crippen molar-refractivity contribution in [3.63, 3.8) is 0 Å². The van der Waals surface area contributed by atoms with Crippen LogP contribution in [0.3, 0.4) is 0 Å². The van der Waals surface area contributed by atoms with E-state index in [0.717, 1.165) is 43.3 Å². The summed E-state index contributed by atoms with van der Waals surface area (Å²) in [5.74, 6) is 0.123. The average molecular weight is 374 g/mol. The predicted octanol–water partition coefficient (Wildman–Crippen LogP) is 0.248. The molecule has 3 N–H and O–H groups in total. The third-order valence-corrected chi connectivity index (χ3v) is 5.43. The maximum absolute atomic E-state index is 12.2. The van der Waals surface area contributed by atoms with Gasteiger partial charge in [0.1, 0.15) is 32.7 Å². The van der Waals surface area contributed by atoms with Gasteiger partial charge in [0.15, 0.2) is 6.54 Å². The summed E-state index contributed by atoms with van der Waals surface area (Å²) in [6.45, 7) is 8.73. The number of benzene rings is 2. The van der Waals surface area contributed by atoms with Crippen LogP contribution < -0.4 is 15.1 Å². The average Bonchev–Trinajstić information content (AvgIpc) is 2.65. The number of carbonyl (C=O) groups excluding carboxylic acids is 1. The van der Waals surface area contributed by atoms with Crippen LogP contribution in [0.25, 0.3) is 0 Å². The number of halogens is 1. The quantitative estimate of drug-likeness (QED) is 0.667. The lowest BCUT2D eigenvalue weighted by molar-refractivity contribution is -1.02. The standard InChI is InChI=1S/C21H26ClN3O/c1-17-4-2-3-5-19(17)15-24-10-12-25(13-11-24)16-21(26)23-14-18-6-8-20(22)9-7-18/h2-9H,10-16H2,1H3,(H,23,26)/p+2. The van der Waals surface area contributed by atoms with E-state index in [2.05, 4.69) is 36.5 Å². The van der Waals surface area contributed by atoms with E-state index in [1.807, 2.05) is 24.3 Å². The lowest BCUT2D eigenvalue weighted by Crippen LogP contribution is -3.28. The molecule has 0 unspecified atom stereocenters. The van der Waals surface area contributed by atoms with Crippen LogP contribution in [0.15, 0.2) is 48.5 Å². The Hall–Kier alpha value is -1.88. The number of amides is 1. The molecule has 138 valence electrons. The lowest BCUT2D eigenvalue weighted by atomic mass is 10.1. The number of rotatable bonds is 6. The van der Waals surface area contributed by atoms with Crippen molar-refractivity contribution < 1.29 is 14.6 Å². The molecule has 1 aliphatic rings. The van der Waals surface area contributed by atoms with Crippen LogP contribution in [0.1, 0.15) is 16.7 Å². The first-order valence-electron chi connectivity index (χ1n) is 9.33. The van der Waals surface area contributed by atoms with Gasteiger partial charge in [-0.3, -0.25) is 4.79 Å². The summed E-state index contributed by atoms with van der Waals surface area (Å²) in [5, 5.41) is 3.73. The SMILES string of the molecule is Cc1ccccc1C[NH+]1CC[NH+](CC(=O)NCc2ccc(Cl)cc2)CC1. The second-order valence-electron chi connectivity index (χ2n) is 7.18. The van der Waals surface area contributed by atoms with Gasteiger partial charge < -0.3 is 15.1 Å². The summed E-state index contributed by atoms with van der Waals surface area (Å²) < 4.78 is 0. The number of piperazine rings is 1. The van der Waals surface area contributed by atoms with Crippen molar-refractivity contribution in [2.75, 3.05) is 32.7 Å². The zero-order chi connectivity index (χ0) is 18.4. The van der Waals surface area contributed by atoms with Crippen molar-refractivity contribution in [1.29, 1.82) is 0 Å². The van der Waals surface area contributed by atoms with Gasteiger partial charge in [-0.15, -0.1) is 0 Å². The van der Waals surface area contributed by atoms with Gasteiger partial charge in [-0.1, -0.05) is 48.0 Å². The first-order chi connectivity index (χ1) is 12.6. The lowest BCUT2D eigenvalue weighted by Gasteiger charge is -2.29. The summed E-state index contributed by atoms with van der Waals surface area (Å²) in [6, 6.07) is 16.2. The normalized spacial score (nSPS) is 19.9. The molecule has 0 radical (unpaired) electrons. The van der Waals surface area contributed by atoms with Crippen LogP contribution in [-0.2, 0) is 17.9 Å². The van der Waals surface area contributed by atoms with E-state index in [1.54, 1.807) is 4.90 Å². The monoisotopic (exact) mass is 373 g/mol. The minimum Gasteiger partial charge on any atom is -0.347 e. The minimum absolute atomic E-state index is 0.123. The number of carbonyl (C=O) groups is 1. The number of quaternary nitrogens is 2. The molecule has 2 aromatic rings. The maximum atomic E-state index is 12.2. The van der Waals surface area contributed by atoms with E-state index < -0.39 is 0 Å². The van der Waals surface area contributed by atoms with Crippen LogP contribution in [0.4, 0.5) is 0 Å². The molecule has 0 aromatic heterocycles. The Labute approximate surface area is 160 Å². The van der Waals surface area contributed by atoms with E-state index in [9.17, 15) is 4.79 Å². The Kier molecular flexibility index (Phi) is 6.67. The third-order valence-electron chi connectivity index (χ3n) is 5.18. The van der Waals surface area contributed by atoms with Gasteiger partial charge in [-0.25, -0.2) is 0 Å². The topological polar surface area (TPSA) is 38.0 Å². The molecule has 3 rings (SSSR count). The molecule has 26 heavy (non-hydrogen) atoms. The second-order valence-corrected chi connectivity index (χ2v) is 7.62. The van der Waals surface area contributed by atoms with E-state index in [4.69, 9.17) is 11.6 Å². The molecule has 1 heterocycles. The molecule has 0 bridgehead atoms. The molecule has 2 aromatic carbocycles. The molecule has 1 amide bonds. The molecule has 4 nitrogen and oxygen atoms in total. The van der Waals surface area contributed by atoms with Crippen LogP contribution in [0.2, 0.25) is 5.02 Å². The van der Waals surface area contributed by atoms with Gasteiger partial charge in [-0.2, -0.15) is 0 Å². The van der Waals surface area contributed by atoms with Crippen molar-refractivity contribution in [3.8, 4) is 0 Å². The summed E-state index contributed by atoms with van der Waals surface area (Å²) in [6.07, 6.45) is 0. The number of nitrogens with one attached hydrogen (secondary N) is 3. The predicted molar refractivity (Wildman–Crippen MR) is 104 cm³/mol. The molecular formula is C21H28ClN3O+2. The molecule has 1 saturated heterocycles. The summed E-state index contributed by atoms with van der Waals surface area (Å²) in [4.78, 5) is 15.2. The number of aryl methyl sites for hydroxylation is 1. The molecule has 0 spiro atoms. The Morgan fingerprint density at radius 1 is 1.00 bits per heavy atom. The van der Waals surface area contributed by atoms with Crippen LogP contribution >= 0.6 is 11.6 Å². The van der Waals surface area contributed by atoms with Gasteiger partial charge in [0, 0.05) is 17.1 Å². The fourth-order valence-electron chi connectivity index (χ4n) is 3.48. The largest absolute Gasteiger partial charge is 0.347 e. The van der Waals surface area contributed by atoms with Gasteiger partial charge in [-0.05, 0) is 30.2 Å². The molecule has 5 heteroatoms. The highest BCUT2D eigenvalue weighted by Crippen LogP contribution is 2.09. The van der Waals surface area contributed by atoms with E-state index in [-0.39, 0.29) is 5.91 Å². The Morgan fingerprint density at radius 3 is 2.35 bits per heavy atom. The smallest absolute Gasteiger partial charge is 0.275 e. The highest BCUT2D eigenvalue weighted by molar-refractivity contribution is 6.30. The van der Waals surface area contributed by atoms with E-state index >= 15 is 0 Å². The number of hydrogen-bond donors (Lipinski definition) is 3. The molecule has 1 aliphatic heterocycles. The molecule has 0 atom stereocenters. The van der Waals surface area contributed by atoms with Crippen molar-refractivity contribution in [2.24, 2.45) is 0 Å². The van der Waals surface area contributed by atoms with Crippen molar-refractivity contribution in [1.82, 2.24) is 5.32 Å². The third kappa shape index (κ3) is 5.56. The fourth-order valence-corrected chi connectivity index (χ4v) is 3.61. The first-order valence-corrected chi connectivity index (χ1v) is 9.71. The maximum Gasteiger partial charge on any atom is 0.275 e. The summed E-state index contributed by atoms with van der Waals surface area (Å²) >= 11 is 5.88. The molecule has 0 aliphatic carbocycles. The van der Waals surface area contributed by atoms with E-state index in [0.29, 0.717) is 13.1 Å². The highest BCUT2D eigenvalue weighted by Gasteiger charge is 2.25. The Morgan fingerprint density at radius 2 is 1.65 bits per heavy atom. The van der Waals surface area contributed by atoms with Crippen molar-refractivity contribution in [2.45, 2.75) is 20.0 Å². The zero-order valence-corrected chi connectivity index (χ0v) is 16.1. The van der Waals surface area contributed by atoms with Crippen LogP contribution in [0.5, 0.6) is 0 Å². The molecule has 0 saturated carbocycles. The first kappa shape index (κ1) is 18.9. The van der Waals surface area contributed by atoms with Gasteiger partial charge in [0.25, 0.3) is 5.91 Å². The van der Waals surface area contributed by atoms with Crippen molar-refractivity contribution in [3.05, 3.63) is 70.2 Å². The van der Waals surface area contributed by atoms with Gasteiger partial charge in [0.2, 0.25) is 0 Å². The van der Waals surface area contributed by atoms with Crippen LogP contribution in [-0.4, -0.2) is 38.6 Å². The summed E-state index contributed by atoms with van der Waals surface area (Å²) in [5.41, 5.74) is 3.88. The minimum atomic E-state index is 0.123. The highest BCUT2D eigenvalue weighted by atomic mass is 35.5. The summed E-state index contributed by atoms with van der Waals surface area (Å²) in [7, 11) is 0. The zero-order valence-electron chi connectivity index (χ0n) is 15.4. The fraction of sp³-hybridized carbons (Fsp3) is 0.381. The molecule has 1 fully saturated rings. The van der Waals surface area contributed by atoms with E-state index in [1.165, 1.54) is 16.0 Å². The van der Waals surface area contributed by atoms with Gasteiger partial charge in [0.05, 0.1) is 0 Å². The number of hydrogen-bond acceptors (Lipinski definition) is 1.